The molecule has 0 aliphatic carbocycles. The zero-order valence-electron chi connectivity index (χ0n) is 18.0. The first-order valence-corrected chi connectivity index (χ1v) is 10.6. The fraction of sp³-hybridized carbons (Fsp3) is 0.192. The van der Waals surface area contributed by atoms with Crippen molar-refractivity contribution in [2.75, 3.05) is 11.9 Å². The number of aromatic nitrogens is 3. The van der Waals surface area contributed by atoms with Gasteiger partial charge in [-0.05, 0) is 60.4 Å². The minimum Gasteiger partial charge on any atom is -0.457 e. The number of amides is 2. The van der Waals surface area contributed by atoms with Crippen molar-refractivity contribution in [2.24, 2.45) is 0 Å². The molecule has 1 aliphatic rings. The van der Waals surface area contributed by atoms with E-state index in [0.29, 0.717) is 36.1 Å². The maximum absolute atomic E-state index is 14.1. The molecule has 0 radical (unpaired) electrons. The number of carbonyl (C=O) groups is 1. The van der Waals surface area contributed by atoms with E-state index in [1.165, 1.54) is 11.6 Å². The van der Waals surface area contributed by atoms with Gasteiger partial charge in [0.15, 0.2) is 5.82 Å². The van der Waals surface area contributed by atoms with Gasteiger partial charge < -0.3 is 19.9 Å². The molecule has 2 N–H and O–H groups in total. The summed E-state index contributed by atoms with van der Waals surface area (Å²) in [4.78, 5) is 26.0. The number of rotatable bonds is 4. The van der Waals surface area contributed by atoms with E-state index in [0.717, 1.165) is 17.5 Å². The van der Waals surface area contributed by atoms with Crippen LogP contribution in [0.2, 0.25) is 0 Å². The second-order valence-electron chi connectivity index (χ2n) is 7.93. The molecule has 0 fully saturated rings. The molecule has 0 saturated carbocycles. The van der Waals surface area contributed by atoms with E-state index in [1.54, 1.807) is 41.7 Å². The highest BCUT2D eigenvalue weighted by atomic mass is 19.1. The standard InChI is InChI=1S/C25H22FN5O2.CH4/c1-16-2-5-21(26)22(12-16)30-25(32)31-11-7-17-3-4-19(13-18(17)15-31)33-20-6-8-27-23(14-20)24-28-9-10-29-24;/h2-6,8-10,12-14H,7,11,15H2,1H3,(H,28,29)(H,30,32);1H4. The van der Waals surface area contributed by atoms with Gasteiger partial charge in [-0.1, -0.05) is 19.6 Å². The van der Waals surface area contributed by atoms with Gasteiger partial charge in [-0.2, -0.15) is 0 Å². The number of nitrogens with zero attached hydrogens (tertiary/aromatic N) is 3. The van der Waals surface area contributed by atoms with Gasteiger partial charge in [0.2, 0.25) is 0 Å². The molecule has 2 amide bonds. The van der Waals surface area contributed by atoms with Crippen molar-refractivity contribution in [1.82, 2.24) is 19.9 Å². The number of imidazole rings is 1. The lowest BCUT2D eigenvalue weighted by atomic mass is 10.00. The molecule has 2 aromatic carbocycles. The van der Waals surface area contributed by atoms with Crippen LogP contribution in [-0.4, -0.2) is 32.4 Å². The molecule has 0 atom stereocenters. The number of nitrogens with one attached hydrogen (secondary N) is 2. The average molecular weight is 460 g/mol. The molecule has 0 unspecified atom stereocenters. The number of benzene rings is 2. The Hall–Kier alpha value is -4.20. The summed E-state index contributed by atoms with van der Waals surface area (Å²) >= 11 is 0. The Morgan fingerprint density at radius 1 is 1.06 bits per heavy atom. The van der Waals surface area contributed by atoms with Gasteiger partial charge in [-0.15, -0.1) is 0 Å². The quantitative estimate of drug-likeness (QED) is 0.396. The van der Waals surface area contributed by atoms with Crippen LogP contribution in [0.1, 0.15) is 24.1 Å². The average Bonchev–Trinajstić information content (AvgIpc) is 3.36. The summed E-state index contributed by atoms with van der Waals surface area (Å²) in [6.45, 7) is 2.83. The Morgan fingerprint density at radius 3 is 2.74 bits per heavy atom. The summed E-state index contributed by atoms with van der Waals surface area (Å²) in [5, 5.41) is 2.69. The van der Waals surface area contributed by atoms with Crippen LogP contribution in [0.5, 0.6) is 11.5 Å². The third-order valence-electron chi connectivity index (χ3n) is 5.55. The fourth-order valence-corrected chi connectivity index (χ4v) is 3.85. The summed E-state index contributed by atoms with van der Waals surface area (Å²) in [6.07, 6.45) is 5.80. The lowest BCUT2D eigenvalue weighted by Gasteiger charge is -2.29. The van der Waals surface area contributed by atoms with Crippen LogP contribution >= 0.6 is 0 Å². The van der Waals surface area contributed by atoms with Crippen LogP contribution in [0.25, 0.3) is 11.5 Å². The Kier molecular flexibility index (Phi) is 6.58. The predicted octanol–water partition coefficient (Wildman–Crippen LogP) is 5.94. The molecule has 34 heavy (non-hydrogen) atoms. The fourth-order valence-electron chi connectivity index (χ4n) is 3.85. The van der Waals surface area contributed by atoms with Crippen molar-refractivity contribution in [2.45, 2.75) is 27.3 Å². The molecule has 8 heteroatoms. The van der Waals surface area contributed by atoms with Gasteiger partial charge in [-0.3, -0.25) is 4.98 Å². The first-order chi connectivity index (χ1) is 16.0. The van der Waals surface area contributed by atoms with Gasteiger partial charge >= 0.3 is 6.03 Å². The van der Waals surface area contributed by atoms with E-state index in [9.17, 15) is 9.18 Å². The molecule has 0 spiro atoms. The molecule has 3 heterocycles. The zero-order valence-corrected chi connectivity index (χ0v) is 18.0. The number of urea groups is 1. The highest BCUT2D eigenvalue weighted by molar-refractivity contribution is 5.89. The van der Waals surface area contributed by atoms with Gasteiger partial charge in [0.05, 0.1) is 5.69 Å². The van der Waals surface area contributed by atoms with Crippen LogP contribution < -0.4 is 10.1 Å². The highest BCUT2D eigenvalue weighted by Gasteiger charge is 2.22. The van der Waals surface area contributed by atoms with E-state index in [2.05, 4.69) is 20.3 Å². The smallest absolute Gasteiger partial charge is 0.322 e. The van der Waals surface area contributed by atoms with Crippen molar-refractivity contribution in [3.05, 3.63) is 89.6 Å². The summed E-state index contributed by atoms with van der Waals surface area (Å²) in [5.41, 5.74) is 3.91. The normalized spacial score (nSPS) is 12.5. The molecule has 174 valence electrons. The molecule has 0 bridgehead atoms. The number of H-pyrrole nitrogens is 1. The second kappa shape index (κ2) is 9.74. The largest absolute Gasteiger partial charge is 0.457 e. The predicted molar refractivity (Wildman–Crippen MR) is 129 cm³/mol. The van der Waals surface area contributed by atoms with Crippen LogP contribution in [0.15, 0.2) is 67.1 Å². The SMILES string of the molecule is C.Cc1ccc(F)c(NC(=O)N2CCc3ccc(Oc4ccnc(-c5ncc[nH]5)c4)cc3C2)c1. The minimum atomic E-state index is -0.451. The molecule has 5 rings (SSSR count). The Morgan fingerprint density at radius 2 is 1.91 bits per heavy atom. The van der Waals surface area contributed by atoms with Crippen LogP contribution in [0.4, 0.5) is 14.9 Å². The first-order valence-electron chi connectivity index (χ1n) is 10.6. The number of fused-ring (bicyclic) bond motifs is 1. The summed E-state index contributed by atoms with van der Waals surface area (Å²) in [5.74, 6) is 1.51. The molecule has 1 aliphatic heterocycles. The van der Waals surface area contributed by atoms with Crippen molar-refractivity contribution < 1.29 is 13.9 Å². The highest BCUT2D eigenvalue weighted by Crippen LogP contribution is 2.29. The van der Waals surface area contributed by atoms with E-state index in [1.807, 2.05) is 31.2 Å². The summed E-state index contributed by atoms with van der Waals surface area (Å²) in [6, 6.07) is 13.8. The number of halogens is 1. The third-order valence-corrected chi connectivity index (χ3v) is 5.55. The maximum atomic E-state index is 14.1. The molecule has 7 nitrogen and oxygen atoms in total. The molecule has 2 aromatic heterocycles. The number of ether oxygens (including phenoxy) is 1. The Bertz CT molecular complexity index is 1310. The molecular formula is C26H26FN5O2. The van der Waals surface area contributed by atoms with E-state index < -0.39 is 5.82 Å². The second-order valence-corrected chi connectivity index (χ2v) is 7.93. The minimum absolute atomic E-state index is 0. The van der Waals surface area contributed by atoms with Crippen LogP contribution in [-0.2, 0) is 13.0 Å². The number of aryl methyl sites for hydroxylation is 1. The third kappa shape index (κ3) is 4.91. The van der Waals surface area contributed by atoms with E-state index in [-0.39, 0.29) is 19.1 Å². The number of anilines is 1. The summed E-state index contributed by atoms with van der Waals surface area (Å²) in [7, 11) is 0. The van der Waals surface area contributed by atoms with Gasteiger partial charge in [0.25, 0.3) is 0 Å². The number of carbonyl (C=O) groups excluding carboxylic acids is 1. The van der Waals surface area contributed by atoms with Gasteiger partial charge in [0.1, 0.15) is 23.0 Å². The zero-order chi connectivity index (χ0) is 22.8. The lowest BCUT2D eigenvalue weighted by Crippen LogP contribution is -2.39. The maximum Gasteiger partial charge on any atom is 0.322 e. The molecule has 0 saturated heterocycles. The van der Waals surface area contributed by atoms with Gasteiger partial charge in [-0.25, -0.2) is 14.2 Å². The summed E-state index contributed by atoms with van der Waals surface area (Å²) < 4.78 is 20.1. The van der Waals surface area contributed by atoms with E-state index >= 15 is 0 Å². The van der Waals surface area contributed by atoms with Gasteiger partial charge in [0, 0.05) is 37.7 Å². The van der Waals surface area contributed by atoms with E-state index in [4.69, 9.17) is 4.74 Å². The number of pyridine rings is 1. The Balaban J connectivity index is 0.00000274. The van der Waals surface area contributed by atoms with Crippen molar-refractivity contribution >= 4 is 11.7 Å². The first kappa shape index (κ1) is 23.0. The van der Waals surface area contributed by atoms with Crippen molar-refractivity contribution in [3.63, 3.8) is 0 Å². The molecule has 4 aromatic rings. The van der Waals surface area contributed by atoms with Crippen LogP contribution in [0.3, 0.4) is 0 Å². The number of aromatic amines is 1. The van der Waals surface area contributed by atoms with Crippen LogP contribution in [0, 0.1) is 12.7 Å². The lowest BCUT2D eigenvalue weighted by molar-refractivity contribution is 0.206. The topological polar surface area (TPSA) is 83.1 Å². The number of hydrogen-bond donors (Lipinski definition) is 2. The number of hydrogen-bond acceptors (Lipinski definition) is 4. The molecular weight excluding hydrogens is 433 g/mol. The monoisotopic (exact) mass is 459 g/mol. The Labute approximate surface area is 197 Å². The van der Waals surface area contributed by atoms with Crippen molar-refractivity contribution in [3.8, 4) is 23.0 Å². The van der Waals surface area contributed by atoms with Crippen molar-refractivity contribution in [1.29, 1.82) is 0 Å².